The molecule has 20 heteroatoms. The Morgan fingerprint density at radius 1 is 1.15 bits per heavy atom. The van der Waals surface area contributed by atoms with Crippen LogP contribution in [0.5, 0.6) is 0 Å². The van der Waals surface area contributed by atoms with Crippen molar-refractivity contribution in [3.05, 3.63) is 55.7 Å². The number of phosphoric acid groups is 1. The van der Waals surface area contributed by atoms with Crippen molar-refractivity contribution in [1.82, 2.24) is 29.1 Å². The lowest BCUT2D eigenvalue weighted by Crippen LogP contribution is -2.33. The van der Waals surface area contributed by atoms with E-state index in [1.54, 1.807) is 0 Å². The zero-order chi connectivity index (χ0) is 32.8. The molecular formula is C26H37N10O9P. The molecule has 4 N–H and O–H groups in total. The van der Waals surface area contributed by atoms with E-state index in [2.05, 4.69) is 36.9 Å². The molecule has 2 aliphatic heterocycles. The van der Waals surface area contributed by atoms with Gasteiger partial charge in [0.1, 0.15) is 24.2 Å². The van der Waals surface area contributed by atoms with E-state index < -0.39 is 55.9 Å². The van der Waals surface area contributed by atoms with Gasteiger partial charge < -0.3 is 20.3 Å². The molecule has 0 aromatic carbocycles. The van der Waals surface area contributed by atoms with E-state index in [4.69, 9.17) is 34.3 Å². The summed E-state index contributed by atoms with van der Waals surface area (Å²) in [6.07, 6.45) is 3.42. The number of nitrogens with zero attached hydrogens (tertiary/aromatic N) is 8. The van der Waals surface area contributed by atoms with Crippen molar-refractivity contribution in [2.75, 3.05) is 25.6 Å². The number of fused-ring (bicyclic) bond motifs is 1. The number of azide groups is 1. The van der Waals surface area contributed by atoms with Crippen molar-refractivity contribution >= 4 is 24.8 Å². The first-order valence-electron chi connectivity index (χ1n) is 14.9. The van der Waals surface area contributed by atoms with Gasteiger partial charge in [-0.3, -0.25) is 32.5 Å². The van der Waals surface area contributed by atoms with Crippen molar-refractivity contribution in [1.29, 1.82) is 0 Å². The molecule has 0 spiro atoms. The number of phosphoric ester groups is 1. The molecule has 5 heterocycles. The SMILES string of the molecule is CCCCCCO[P@](=O)(OC[C@@H]1C[C@@H](O)[C@H](n2cnc3c(N)ncnc32)O1)OC[C@H]1O[C@@H](n2cc(C)c(=O)[nH]c2=O)C[C@@H]1N=[N+]=[N-]. The van der Waals surface area contributed by atoms with E-state index in [0.29, 0.717) is 17.6 Å². The maximum Gasteiger partial charge on any atom is 0.474 e. The van der Waals surface area contributed by atoms with Crippen LogP contribution in [0.2, 0.25) is 0 Å². The molecule has 0 bridgehead atoms. The number of unbranched alkanes of at least 4 members (excludes halogenated alkanes) is 3. The van der Waals surface area contributed by atoms with Crippen LogP contribution in [0, 0.1) is 6.92 Å². The second kappa shape index (κ2) is 14.8. The summed E-state index contributed by atoms with van der Waals surface area (Å²) in [4.78, 5) is 41.7. The predicted octanol–water partition coefficient (Wildman–Crippen LogP) is 2.62. The number of aromatic nitrogens is 6. The minimum absolute atomic E-state index is 0.0934. The molecule has 7 atom stereocenters. The number of imidazole rings is 1. The second-order valence-corrected chi connectivity index (χ2v) is 12.8. The lowest BCUT2D eigenvalue weighted by Gasteiger charge is -2.23. The van der Waals surface area contributed by atoms with Crippen LogP contribution in [0.15, 0.2) is 33.6 Å². The largest absolute Gasteiger partial charge is 0.474 e. The Labute approximate surface area is 262 Å². The van der Waals surface area contributed by atoms with Crippen molar-refractivity contribution in [2.45, 2.75) is 89.2 Å². The first-order valence-corrected chi connectivity index (χ1v) is 16.4. The molecule has 2 saturated heterocycles. The quantitative estimate of drug-likeness (QED) is 0.0695. The Kier molecular flexibility index (Phi) is 10.9. The van der Waals surface area contributed by atoms with Gasteiger partial charge in [0.15, 0.2) is 17.7 Å². The van der Waals surface area contributed by atoms with E-state index in [9.17, 15) is 19.3 Å². The summed E-state index contributed by atoms with van der Waals surface area (Å²) < 4.78 is 45.6. The van der Waals surface area contributed by atoms with Crippen molar-refractivity contribution in [3.63, 3.8) is 0 Å². The number of anilines is 1. The minimum atomic E-state index is -4.23. The third-order valence-corrected chi connectivity index (χ3v) is 9.18. The number of ether oxygens (including phenoxy) is 2. The van der Waals surface area contributed by atoms with Crippen LogP contribution in [0.4, 0.5) is 5.82 Å². The average Bonchev–Trinajstić information content (AvgIpc) is 3.74. The van der Waals surface area contributed by atoms with Crippen molar-refractivity contribution in [3.8, 4) is 0 Å². The highest BCUT2D eigenvalue weighted by atomic mass is 31.2. The first-order chi connectivity index (χ1) is 22.1. The monoisotopic (exact) mass is 664 g/mol. The number of hydrogen-bond donors (Lipinski definition) is 3. The number of hydrogen-bond acceptors (Lipinski definition) is 14. The zero-order valence-corrected chi connectivity index (χ0v) is 26.3. The molecule has 0 aliphatic carbocycles. The van der Waals surface area contributed by atoms with E-state index >= 15 is 0 Å². The van der Waals surface area contributed by atoms with Gasteiger partial charge in [-0.1, -0.05) is 31.3 Å². The van der Waals surface area contributed by atoms with E-state index in [1.165, 1.54) is 34.9 Å². The molecule has 2 fully saturated rings. The Balaban J connectivity index is 1.25. The molecule has 19 nitrogen and oxygen atoms in total. The van der Waals surface area contributed by atoms with Crippen LogP contribution < -0.4 is 17.0 Å². The first kappa shape index (κ1) is 33.7. The molecule has 0 saturated carbocycles. The fourth-order valence-electron chi connectivity index (χ4n) is 5.32. The number of nitrogens with one attached hydrogen (secondary N) is 1. The number of H-pyrrole nitrogens is 1. The Morgan fingerprint density at radius 3 is 2.74 bits per heavy atom. The summed E-state index contributed by atoms with van der Waals surface area (Å²) >= 11 is 0. The smallest absolute Gasteiger partial charge is 0.388 e. The molecule has 46 heavy (non-hydrogen) atoms. The molecule has 3 aromatic rings. The van der Waals surface area contributed by atoms with E-state index in [1.807, 2.05) is 0 Å². The third-order valence-electron chi connectivity index (χ3n) is 7.75. The number of aliphatic hydroxyl groups is 1. The third kappa shape index (κ3) is 7.65. The van der Waals surface area contributed by atoms with Gasteiger partial charge in [-0.15, -0.1) is 0 Å². The average molecular weight is 665 g/mol. The molecule has 0 amide bonds. The van der Waals surface area contributed by atoms with E-state index in [-0.39, 0.29) is 44.0 Å². The van der Waals surface area contributed by atoms with Crippen molar-refractivity contribution in [2.24, 2.45) is 5.11 Å². The summed E-state index contributed by atoms with van der Waals surface area (Å²) in [6.45, 7) is 3.09. The number of aromatic amines is 1. The Hall–Kier alpha value is -3.67. The fraction of sp³-hybridized carbons (Fsp3) is 0.654. The number of aliphatic hydroxyl groups excluding tert-OH is 1. The normalized spacial score (nSPS) is 25.9. The van der Waals surface area contributed by atoms with Crippen LogP contribution in [0.1, 0.15) is 63.5 Å². The van der Waals surface area contributed by atoms with Crippen LogP contribution in [0.3, 0.4) is 0 Å². The van der Waals surface area contributed by atoms with Gasteiger partial charge in [0.2, 0.25) is 0 Å². The van der Waals surface area contributed by atoms with Gasteiger partial charge in [0.25, 0.3) is 5.56 Å². The predicted molar refractivity (Wildman–Crippen MR) is 161 cm³/mol. The topological polar surface area (TPSA) is 257 Å². The minimum Gasteiger partial charge on any atom is -0.388 e. The summed E-state index contributed by atoms with van der Waals surface area (Å²) in [5.41, 5.74) is 14.8. The fourth-order valence-corrected chi connectivity index (χ4v) is 6.58. The molecule has 3 aromatic heterocycles. The molecule has 0 radical (unpaired) electrons. The summed E-state index contributed by atoms with van der Waals surface area (Å²) in [7, 11) is -4.23. The Bertz CT molecular complexity index is 1720. The number of aryl methyl sites for hydroxylation is 1. The maximum atomic E-state index is 13.8. The zero-order valence-electron chi connectivity index (χ0n) is 25.4. The standard InChI is InChI=1S/C26H37N10O9P/c1-3-4-5-6-7-41-46(40,42-11-16-8-18(37)25(44-16)36-14-31-21-22(27)29-13-30-23(21)36)43-12-19-17(33-34-28)9-20(45-19)35-10-15(2)24(38)32-26(35)39/h10,13-14,16-20,25,37H,3-9,11-12H2,1-2H3,(H2,27,29,30)(H,32,38,39)/t16-,17-,18+,19+,20+,25+,46+/m0/s1. The maximum absolute atomic E-state index is 13.8. The second-order valence-electron chi connectivity index (χ2n) is 11.1. The van der Waals surface area contributed by atoms with Gasteiger partial charge in [-0.25, -0.2) is 24.3 Å². The van der Waals surface area contributed by atoms with Crippen LogP contribution in [-0.2, 0) is 27.6 Å². The van der Waals surface area contributed by atoms with Gasteiger partial charge in [-0.2, -0.15) is 0 Å². The summed E-state index contributed by atoms with van der Waals surface area (Å²) in [6, 6.07) is -0.788. The van der Waals surface area contributed by atoms with Crippen LogP contribution in [0.25, 0.3) is 21.6 Å². The Morgan fingerprint density at radius 2 is 1.96 bits per heavy atom. The van der Waals surface area contributed by atoms with Crippen LogP contribution in [-0.4, -0.2) is 78.4 Å². The summed E-state index contributed by atoms with van der Waals surface area (Å²) in [5.74, 6) is 0.187. The van der Waals surface area contributed by atoms with E-state index in [0.717, 1.165) is 19.3 Å². The highest BCUT2D eigenvalue weighted by molar-refractivity contribution is 7.48. The van der Waals surface area contributed by atoms with Gasteiger partial charge >= 0.3 is 13.5 Å². The van der Waals surface area contributed by atoms with Gasteiger partial charge in [0.05, 0.1) is 44.4 Å². The van der Waals surface area contributed by atoms with Crippen LogP contribution >= 0.6 is 7.82 Å². The molecule has 2 aliphatic rings. The number of nitrogen functional groups attached to an aromatic ring is 1. The summed E-state index contributed by atoms with van der Waals surface area (Å²) in [5, 5.41) is 14.5. The molecule has 5 rings (SSSR count). The highest BCUT2D eigenvalue weighted by Gasteiger charge is 2.41. The number of rotatable bonds is 15. The highest BCUT2D eigenvalue weighted by Crippen LogP contribution is 2.51. The van der Waals surface area contributed by atoms with Crippen molar-refractivity contribution < 1.29 is 32.7 Å². The molecule has 250 valence electrons. The number of nitrogens with two attached hydrogens (primary N) is 1. The lowest BCUT2D eigenvalue weighted by atomic mass is 10.1. The lowest BCUT2D eigenvalue weighted by molar-refractivity contribution is -0.0541. The molecule has 0 unspecified atom stereocenters. The van der Waals surface area contributed by atoms with Gasteiger partial charge in [0, 0.05) is 29.5 Å². The van der Waals surface area contributed by atoms with Gasteiger partial charge in [-0.05, 0) is 18.9 Å². The molecular weight excluding hydrogens is 627 g/mol.